The highest BCUT2D eigenvalue weighted by Gasteiger charge is 2.35. The van der Waals surface area contributed by atoms with Crippen LogP contribution in [0.3, 0.4) is 0 Å². The number of aryl methyl sites for hydroxylation is 1. The summed E-state index contributed by atoms with van der Waals surface area (Å²) in [4.78, 5) is 25.4. The van der Waals surface area contributed by atoms with Gasteiger partial charge in [0.2, 0.25) is 11.8 Å². The van der Waals surface area contributed by atoms with Gasteiger partial charge in [-0.1, -0.05) is 6.07 Å². The molecule has 0 spiro atoms. The van der Waals surface area contributed by atoms with Gasteiger partial charge in [-0.05, 0) is 38.5 Å². The maximum absolute atomic E-state index is 13.6. The van der Waals surface area contributed by atoms with Crippen LogP contribution in [0.1, 0.15) is 25.8 Å². The zero-order valence-corrected chi connectivity index (χ0v) is 11.9. The molecule has 0 saturated carbocycles. The van der Waals surface area contributed by atoms with E-state index in [0.29, 0.717) is 17.8 Å². The van der Waals surface area contributed by atoms with Gasteiger partial charge >= 0.3 is 0 Å². The van der Waals surface area contributed by atoms with E-state index in [4.69, 9.17) is 0 Å². The number of nitrogens with one attached hydrogen (secondary N) is 1. The third-order valence-corrected chi connectivity index (χ3v) is 3.39. The number of amides is 2. The first kappa shape index (κ1) is 14.5. The van der Waals surface area contributed by atoms with Crippen molar-refractivity contribution in [3.8, 4) is 0 Å². The number of hydrogen-bond donors (Lipinski definition) is 1. The number of nitrogens with zero attached hydrogens (tertiary/aromatic N) is 1. The average Bonchev–Trinajstić information content (AvgIpc) is 2.74. The standard InChI is InChI=1S/C15H19FN2O2/c1-9(2)17-15(20)11-6-14(19)18(8-11)12-5-4-10(3)13(16)7-12/h4-5,7,9,11H,6,8H2,1-3H3,(H,17,20)/t11-/m0/s1. The molecule has 1 atom stereocenters. The molecule has 1 N–H and O–H groups in total. The summed E-state index contributed by atoms with van der Waals surface area (Å²) < 4.78 is 13.6. The van der Waals surface area contributed by atoms with E-state index in [1.807, 2.05) is 13.8 Å². The SMILES string of the molecule is Cc1ccc(N2C[C@@H](C(=O)NC(C)C)CC2=O)cc1F. The average molecular weight is 278 g/mol. The van der Waals surface area contributed by atoms with E-state index in [9.17, 15) is 14.0 Å². The second-order valence-corrected chi connectivity index (χ2v) is 5.50. The molecule has 1 saturated heterocycles. The van der Waals surface area contributed by atoms with E-state index in [-0.39, 0.29) is 36.0 Å². The summed E-state index contributed by atoms with van der Waals surface area (Å²) in [5.41, 5.74) is 1.05. The molecule has 2 amide bonds. The maximum Gasteiger partial charge on any atom is 0.227 e. The highest BCUT2D eigenvalue weighted by atomic mass is 19.1. The molecule has 2 rings (SSSR count). The van der Waals surface area contributed by atoms with Gasteiger partial charge < -0.3 is 10.2 Å². The summed E-state index contributed by atoms with van der Waals surface area (Å²) in [5.74, 6) is -0.972. The summed E-state index contributed by atoms with van der Waals surface area (Å²) >= 11 is 0. The van der Waals surface area contributed by atoms with Gasteiger partial charge in [-0.15, -0.1) is 0 Å². The van der Waals surface area contributed by atoms with Crippen molar-refractivity contribution in [2.45, 2.75) is 33.2 Å². The minimum absolute atomic E-state index is 0.0449. The molecule has 0 aromatic heterocycles. The van der Waals surface area contributed by atoms with Crippen molar-refractivity contribution in [1.82, 2.24) is 5.32 Å². The minimum atomic E-state index is -0.366. The van der Waals surface area contributed by atoms with E-state index < -0.39 is 0 Å². The molecule has 1 aromatic rings. The van der Waals surface area contributed by atoms with Crippen LogP contribution in [0.5, 0.6) is 0 Å². The molecule has 1 aliphatic rings. The Morgan fingerprint density at radius 3 is 2.75 bits per heavy atom. The van der Waals surface area contributed by atoms with Crippen LogP contribution in [0.4, 0.5) is 10.1 Å². The van der Waals surface area contributed by atoms with Crippen LogP contribution >= 0.6 is 0 Å². The summed E-state index contributed by atoms with van der Waals surface area (Å²) in [5, 5.41) is 2.81. The number of hydrogen-bond acceptors (Lipinski definition) is 2. The van der Waals surface area contributed by atoms with Gasteiger partial charge in [0.25, 0.3) is 0 Å². The largest absolute Gasteiger partial charge is 0.354 e. The maximum atomic E-state index is 13.6. The zero-order valence-electron chi connectivity index (χ0n) is 11.9. The Hall–Kier alpha value is -1.91. The molecule has 20 heavy (non-hydrogen) atoms. The number of benzene rings is 1. The third-order valence-electron chi connectivity index (χ3n) is 3.39. The lowest BCUT2D eigenvalue weighted by Crippen LogP contribution is -2.36. The smallest absolute Gasteiger partial charge is 0.227 e. The monoisotopic (exact) mass is 278 g/mol. The minimum Gasteiger partial charge on any atom is -0.354 e. The molecule has 0 bridgehead atoms. The van der Waals surface area contributed by atoms with Gasteiger partial charge in [0.1, 0.15) is 5.82 Å². The first-order chi connectivity index (χ1) is 9.38. The van der Waals surface area contributed by atoms with Crippen molar-refractivity contribution in [2.75, 3.05) is 11.4 Å². The van der Waals surface area contributed by atoms with Gasteiger partial charge in [-0.2, -0.15) is 0 Å². The molecular formula is C15H19FN2O2. The lowest BCUT2D eigenvalue weighted by molar-refractivity contribution is -0.126. The molecule has 1 aromatic carbocycles. The highest BCUT2D eigenvalue weighted by Crippen LogP contribution is 2.26. The fourth-order valence-electron chi connectivity index (χ4n) is 2.28. The molecule has 0 aliphatic carbocycles. The Kier molecular flexibility index (Phi) is 4.06. The predicted octanol–water partition coefficient (Wildman–Crippen LogP) is 2.01. The van der Waals surface area contributed by atoms with Crippen LogP contribution in [0, 0.1) is 18.7 Å². The zero-order chi connectivity index (χ0) is 14.9. The molecular weight excluding hydrogens is 259 g/mol. The Morgan fingerprint density at radius 2 is 2.15 bits per heavy atom. The fraction of sp³-hybridized carbons (Fsp3) is 0.467. The Bertz CT molecular complexity index is 543. The van der Waals surface area contributed by atoms with Crippen molar-refractivity contribution >= 4 is 17.5 Å². The number of anilines is 1. The summed E-state index contributed by atoms with van der Waals surface area (Å²) in [6.07, 6.45) is 0.175. The van der Waals surface area contributed by atoms with Crippen molar-refractivity contribution in [1.29, 1.82) is 0 Å². The normalized spacial score (nSPS) is 18.8. The highest BCUT2D eigenvalue weighted by molar-refractivity contribution is 6.00. The molecule has 1 heterocycles. The van der Waals surface area contributed by atoms with Crippen molar-refractivity contribution < 1.29 is 14.0 Å². The van der Waals surface area contributed by atoms with Gasteiger partial charge in [0.15, 0.2) is 0 Å². The quantitative estimate of drug-likeness (QED) is 0.919. The number of halogens is 1. The molecule has 0 unspecified atom stereocenters. The molecule has 1 aliphatic heterocycles. The number of carbonyl (C=O) groups excluding carboxylic acids is 2. The first-order valence-corrected chi connectivity index (χ1v) is 6.75. The summed E-state index contributed by atoms with van der Waals surface area (Å²) in [6.45, 7) is 5.73. The predicted molar refractivity (Wildman–Crippen MR) is 74.9 cm³/mol. The Morgan fingerprint density at radius 1 is 1.45 bits per heavy atom. The molecule has 108 valence electrons. The third kappa shape index (κ3) is 2.98. The second-order valence-electron chi connectivity index (χ2n) is 5.50. The molecule has 0 radical (unpaired) electrons. The molecule has 4 nitrogen and oxygen atoms in total. The van der Waals surface area contributed by atoms with Gasteiger partial charge in [-0.25, -0.2) is 4.39 Å². The van der Waals surface area contributed by atoms with Crippen LogP contribution in [-0.4, -0.2) is 24.4 Å². The lowest BCUT2D eigenvalue weighted by Gasteiger charge is -2.17. The van der Waals surface area contributed by atoms with Crippen LogP contribution in [0.2, 0.25) is 0 Å². The lowest BCUT2D eigenvalue weighted by atomic mass is 10.1. The van der Waals surface area contributed by atoms with Crippen molar-refractivity contribution in [3.63, 3.8) is 0 Å². The van der Waals surface area contributed by atoms with E-state index in [1.165, 1.54) is 11.0 Å². The van der Waals surface area contributed by atoms with Crippen LogP contribution in [0.25, 0.3) is 0 Å². The molecule has 5 heteroatoms. The molecule has 1 fully saturated rings. The van der Waals surface area contributed by atoms with Crippen molar-refractivity contribution in [3.05, 3.63) is 29.6 Å². The number of carbonyl (C=O) groups is 2. The Labute approximate surface area is 118 Å². The number of rotatable bonds is 3. The van der Waals surface area contributed by atoms with Gasteiger partial charge in [0, 0.05) is 24.7 Å². The van der Waals surface area contributed by atoms with E-state index >= 15 is 0 Å². The van der Waals surface area contributed by atoms with Crippen LogP contribution in [0.15, 0.2) is 18.2 Å². The second kappa shape index (κ2) is 5.61. The van der Waals surface area contributed by atoms with E-state index in [0.717, 1.165) is 0 Å². The summed E-state index contributed by atoms with van der Waals surface area (Å²) in [7, 11) is 0. The van der Waals surface area contributed by atoms with E-state index in [1.54, 1.807) is 19.1 Å². The van der Waals surface area contributed by atoms with Gasteiger partial charge in [-0.3, -0.25) is 9.59 Å². The Balaban J connectivity index is 2.13. The first-order valence-electron chi connectivity index (χ1n) is 6.75. The fourth-order valence-corrected chi connectivity index (χ4v) is 2.28. The van der Waals surface area contributed by atoms with E-state index in [2.05, 4.69) is 5.32 Å². The van der Waals surface area contributed by atoms with Crippen molar-refractivity contribution in [2.24, 2.45) is 5.92 Å². The van der Waals surface area contributed by atoms with Gasteiger partial charge in [0.05, 0.1) is 5.92 Å². The van der Waals surface area contributed by atoms with Crippen LogP contribution in [-0.2, 0) is 9.59 Å². The van der Waals surface area contributed by atoms with Crippen LogP contribution < -0.4 is 10.2 Å². The topological polar surface area (TPSA) is 49.4 Å². The summed E-state index contributed by atoms with van der Waals surface area (Å²) in [6, 6.07) is 4.73.